The molecule has 2 aromatic carbocycles. The summed E-state index contributed by atoms with van der Waals surface area (Å²) < 4.78 is 5.17. The fourth-order valence-corrected chi connectivity index (χ4v) is 2.62. The van der Waals surface area contributed by atoms with Gasteiger partial charge in [-0.25, -0.2) is 0 Å². The number of carbonyl (C=O) groups excluding carboxylic acids is 2. The lowest BCUT2D eigenvalue weighted by atomic mass is 10.1. The van der Waals surface area contributed by atoms with Crippen LogP contribution >= 0.6 is 11.6 Å². The van der Waals surface area contributed by atoms with Crippen LogP contribution in [-0.2, 0) is 4.79 Å². The van der Waals surface area contributed by atoms with Crippen LogP contribution in [0.2, 0.25) is 5.02 Å². The molecule has 0 spiro atoms. The average molecular weight is 343 g/mol. The minimum absolute atomic E-state index is 0.293. The number of halogens is 1. The lowest BCUT2D eigenvalue weighted by molar-refractivity contribution is -0.112. The van der Waals surface area contributed by atoms with E-state index in [0.29, 0.717) is 27.4 Å². The molecule has 0 atom stereocenters. The Bertz CT molecular complexity index is 947. The molecule has 2 N–H and O–H groups in total. The molecule has 0 unspecified atom stereocenters. The van der Waals surface area contributed by atoms with Crippen molar-refractivity contribution in [3.63, 3.8) is 0 Å². The van der Waals surface area contributed by atoms with Crippen molar-refractivity contribution >= 4 is 39.9 Å². The van der Waals surface area contributed by atoms with Gasteiger partial charge >= 0.3 is 0 Å². The van der Waals surface area contributed by atoms with Gasteiger partial charge in [0.25, 0.3) is 11.7 Å². The summed E-state index contributed by atoms with van der Waals surface area (Å²) in [4.78, 5) is 27.8. The zero-order valence-electron chi connectivity index (χ0n) is 13.1. The van der Waals surface area contributed by atoms with Gasteiger partial charge in [0.1, 0.15) is 5.75 Å². The number of rotatable bonds is 4. The predicted molar refractivity (Wildman–Crippen MR) is 94.0 cm³/mol. The molecule has 0 aliphatic rings. The summed E-state index contributed by atoms with van der Waals surface area (Å²) in [5.41, 5.74) is 2.38. The molecule has 0 aliphatic carbocycles. The third-order valence-corrected chi connectivity index (χ3v) is 4.02. The van der Waals surface area contributed by atoms with Crippen molar-refractivity contribution < 1.29 is 14.3 Å². The number of ketones is 1. The summed E-state index contributed by atoms with van der Waals surface area (Å²) in [5.74, 6) is -0.736. The van der Waals surface area contributed by atoms with Crippen LogP contribution in [0.3, 0.4) is 0 Å². The molecule has 1 aromatic heterocycles. The number of anilines is 1. The number of amides is 1. The number of hydrogen-bond donors (Lipinski definition) is 2. The van der Waals surface area contributed by atoms with E-state index in [1.165, 1.54) is 6.20 Å². The largest absolute Gasteiger partial charge is 0.497 e. The van der Waals surface area contributed by atoms with Crippen LogP contribution in [-0.4, -0.2) is 23.8 Å². The maximum Gasteiger partial charge on any atom is 0.296 e. The molecule has 1 heterocycles. The highest BCUT2D eigenvalue weighted by atomic mass is 35.5. The normalized spacial score (nSPS) is 10.6. The number of fused-ring (bicyclic) bond motifs is 1. The quantitative estimate of drug-likeness (QED) is 0.557. The van der Waals surface area contributed by atoms with Crippen molar-refractivity contribution in [2.75, 3.05) is 12.4 Å². The second-order valence-corrected chi connectivity index (χ2v) is 5.79. The minimum Gasteiger partial charge on any atom is -0.497 e. The SMILES string of the molecule is COc1ccc2[nH]cc(C(=O)C(=O)Nc3cc(Cl)ccc3C)c2c1. The molecule has 5 nitrogen and oxygen atoms in total. The number of aromatic amines is 1. The number of nitrogens with one attached hydrogen (secondary N) is 2. The second kappa shape index (κ2) is 6.37. The van der Waals surface area contributed by atoms with Gasteiger partial charge in [-0.05, 0) is 42.8 Å². The van der Waals surface area contributed by atoms with Crippen molar-refractivity contribution in [3.8, 4) is 5.75 Å². The number of hydrogen-bond acceptors (Lipinski definition) is 3. The van der Waals surface area contributed by atoms with Crippen LogP contribution in [0.25, 0.3) is 10.9 Å². The van der Waals surface area contributed by atoms with E-state index < -0.39 is 11.7 Å². The fourth-order valence-electron chi connectivity index (χ4n) is 2.44. The molecule has 3 aromatic rings. The monoisotopic (exact) mass is 342 g/mol. The van der Waals surface area contributed by atoms with E-state index in [0.717, 1.165) is 11.1 Å². The minimum atomic E-state index is -0.718. The number of aryl methyl sites for hydroxylation is 1. The zero-order valence-corrected chi connectivity index (χ0v) is 13.9. The Labute approximate surface area is 143 Å². The van der Waals surface area contributed by atoms with Crippen molar-refractivity contribution in [2.24, 2.45) is 0 Å². The van der Waals surface area contributed by atoms with E-state index >= 15 is 0 Å². The Morgan fingerprint density at radius 3 is 2.71 bits per heavy atom. The molecule has 122 valence electrons. The highest BCUT2D eigenvalue weighted by Crippen LogP contribution is 2.25. The van der Waals surface area contributed by atoms with E-state index in [9.17, 15) is 9.59 Å². The molecular weight excluding hydrogens is 328 g/mol. The average Bonchev–Trinajstić information content (AvgIpc) is 3.00. The smallest absolute Gasteiger partial charge is 0.296 e. The zero-order chi connectivity index (χ0) is 17.3. The first-order valence-corrected chi connectivity index (χ1v) is 7.64. The Morgan fingerprint density at radius 2 is 1.96 bits per heavy atom. The Morgan fingerprint density at radius 1 is 1.17 bits per heavy atom. The standard InChI is InChI=1S/C18H15ClN2O3/c1-10-3-4-11(19)7-16(10)21-18(23)17(22)14-9-20-15-6-5-12(24-2)8-13(14)15/h3-9,20H,1-2H3,(H,21,23). The van der Waals surface area contributed by atoms with E-state index in [1.54, 1.807) is 43.5 Å². The van der Waals surface area contributed by atoms with E-state index in [2.05, 4.69) is 10.3 Å². The maximum atomic E-state index is 12.5. The third-order valence-electron chi connectivity index (χ3n) is 3.79. The summed E-state index contributed by atoms with van der Waals surface area (Å²) in [6.45, 7) is 1.83. The van der Waals surface area contributed by atoms with Crippen LogP contribution in [0.5, 0.6) is 5.75 Å². The van der Waals surface area contributed by atoms with Crippen LogP contribution in [0.1, 0.15) is 15.9 Å². The van der Waals surface area contributed by atoms with Crippen molar-refractivity contribution in [1.29, 1.82) is 0 Å². The van der Waals surface area contributed by atoms with Crippen LogP contribution < -0.4 is 10.1 Å². The second-order valence-electron chi connectivity index (χ2n) is 5.36. The molecule has 0 aliphatic heterocycles. The Hall–Kier alpha value is -2.79. The molecule has 24 heavy (non-hydrogen) atoms. The number of benzene rings is 2. The van der Waals surface area contributed by atoms with Gasteiger partial charge in [-0.15, -0.1) is 0 Å². The van der Waals surface area contributed by atoms with Gasteiger partial charge in [0.15, 0.2) is 0 Å². The van der Waals surface area contributed by atoms with Gasteiger partial charge in [0.2, 0.25) is 0 Å². The number of methoxy groups -OCH3 is 1. The van der Waals surface area contributed by atoms with Gasteiger partial charge in [-0.3, -0.25) is 9.59 Å². The first-order chi connectivity index (χ1) is 11.5. The van der Waals surface area contributed by atoms with Crippen LogP contribution in [0.4, 0.5) is 5.69 Å². The van der Waals surface area contributed by atoms with Gasteiger partial charge in [0, 0.05) is 27.8 Å². The fraction of sp³-hybridized carbons (Fsp3) is 0.111. The molecule has 0 radical (unpaired) electrons. The molecule has 0 bridgehead atoms. The molecule has 6 heteroatoms. The summed E-state index contributed by atoms with van der Waals surface area (Å²) >= 11 is 5.94. The summed E-state index contributed by atoms with van der Waals surface area (Å²) in [7, 11) is 1.55. The molecule has 0 fully saturated rings. The van der Waals surface area contributed by atoms with Gasteiger partial charge in [-0.1, -0.05) is 17.7 Å². The summed E-state index contributed by atoms with van der Waals surface area (Å²) in [5, 5.41) is 3.74. The Kier molecular flexibility index (Phi) is 4.27. The third kappa shape index (κ3) is 2.98. The highest BCUT2D eigenvalue weighted by molar-refractivity contribution is 6.48. The van der Waals surface area contributed by atoms with E-state index in [1.807, 2.05) is 6.92 Å². The summed E-state index contributed by atoms with van der Waals surface area (Å²) in [6, 6.07) is 10.4. The Balaban J connectivity index is 1.91. The molecule has 0 saturated carbocycles. The molecular formula is C18H15ClN2O3. The maximum absolute atomic E-state index is 12.5. The van der Waals surface area contributed by atoms with Crippen LogP contribution in [0.15, 0.2) is 42.6 Å². The number of carbonyl (C=O) groups is 2. The lowest BCUT2D eigenvalue weighted by Gasteiger charge is -2.08. The first kappa shape index (κ1) is 16.1. The summed E-state index contributed by atoms with van der Waals surface area (Å²) in [6.07, 6.45) is 1.52. The van der Waals surface area contributed by atoms with Gasteiger partial charge < -0.3 is 15.0 Å². The topological polar surface area (TPSA) is 71.2 Å². The lowest BCUT2D eigenvalue weighted by Crippen LogP contribution is -2.23. The number of aromatic nitrogens is 1. The van der Waals surface area contributed by atoms with Crippen molar-refractivity contribution in [3.05, 3.63) is 58.7 Å². The number of H-pyrrole nitrogens is 1. The van der Waals surface area contributed by atoms with Crippen molar-refractivity contribution in [1.82, 2.24) is 4.98 Å². The van der Waals surface area contributed by atoms with Gasteiger partial charge in [-0.2, -0.15) is 0 Å². The number of ether oxygens (including phenoxy) is 1. The highest BCUT2D eigenvalue weighted by Gasteiger charge is 2.21. The van der Waals surface area contributed by atoms with E-state index in [4.69, 9.17) is 16.3 Å². The van der Waals surface area contributed by atoms with Crippen LogP contribution in [0, 0.1) is 6.92 Å². The van der Waals surface area contributed by atoms with Gasteiger partial charge in [0.05, 0.1) is 12.7 Å². The first-order valence-electron chi connectivity index (χ1n) is 7.26. The molecule has 1 amide bonds. The molecule has 0 saturated heterocycles. The van der Waals surface area contributed by atoms with Crippen molar-refractivity contribution in [2.45, 2.75) is 6.92 Å². The predicted octanol–water partition coefficient (Wildman–Crippen LogP) is 3.96. The molecule has 3 rings (SSSR count). The van der Waals surface area contributed by atoms with E-state index in [-0.39, 0.29) is 0 Å². The number of Topliss-reactive ketones (excluding diaryl/α,β-unsaturated/α-hetero) is 1.